The fourth-order valence-corrected chi connectivity index (χ4v) is 1.91. The molecule has 0 fully saturated rings. The lowest BCUT2D eigenvalue weighted by atomic mass is 10.1. The zero-order valence-electron chi connectivity index (χ0n) is 12.6. The lowest BCUT2D eigenvalue weighted by Crippen LogP contribution is -2.32. The van der Waals surface area contributed by atoms with Crippen molar-refractivity contribution in [1.29, 1.82) is 0 Å². The Morgan fingerprint density at radius 3 is 2.32 bits per heavy atom. The van der Waals surface area contributed by atoms with Gasteiger partial charge >= 0.3 is 11.8 Å². The molecule has 0 radical (unpaired) electrons. The van der Waals surface area contributed by atoms with Gasteiger partial charge < -0.3 is 9.73 Å². The molecule has 0 aliphatic heterocycles. The van der Waals surface area contributed by atoms with E-state index in [0.29, 0.717) is 11.4 Å². The lowest BCUT2D eigenvalue weighted by molar-refractivity contribution is -0.136. The first-order valence-corrected chi connectivity index (χ1v) is 6.74. The summed E-state index contributed by atoms with van der Waals surface area (Å²) in [5.41, 5.74) is 4.56. The zero-order valence-corrected chi connectivity index (χ0v) is 12.6. The number of hydrogen-bond acceptors (Lipinski definition) is 4. The lowest BCUT2D eigenvalue weighted by Gasteiger charge is -2.10. The Kier molecular flexibility index (Phi) is 4.73. The molecule has 6 nitrogen and oxygen atoms in total. The Bertz CT molecular complexity index is 712. The molecule has 0 spiro atoms. The van der Waals surface area contributed by atoms with Gasteiger partial charge in [-0.15, -0.1) is 0 Å². The molecule has 0 saturated carbocycles. The number of benzene rings is 1. The van der Waals surface area contributed by atoms with Crippen LogP contribution in [0.25, 0.3) is 0 Å². The molecule has 114 valence electrons. The molecule has 2 amide bonds. The Labute approximate surface area is 128 Å². The first kappa shape index (κ1) is 15.5. The monoisotopic (exact) mass is 299 g/mol. The number of carbonyl (C=O) groups excluding carboxylic acids is 2. The number of anilines is 1. The summed E-state index contributed by atoms with van der Waals surface area (Å²) in [7, 11) is 0. The Morgan fingerprint density at radius 2 is 1.73 bits per heavy atom. The summed E-state index contributed by atoms with van der Waals surface area (Å²) in [6.45, 7) is 5.52. The number of nitrogens with one attached hydrogen (secondary N) is 2. The average Bonchev–Trinajstić information content (AvgIpc) is 2.88. The van der Waals surface area contributed by atoms with Crippen LogP contribution in [0.1, 0.15) is 22.6 Å². The largest absolute Gasteiger partial charge is 0.460 e. The summed E-state index contributed by atoms with van der Waals surface area (Å²) >= 11 is 0. The van der Waals surface area contributed by atoms with Gasteiger partial charge in [0.2, 0.25) is 0 Å². The van der Waals surface area contributed by atoms with Crippen LogP contribution in [0.5, 0.6) is 0 Å². The highest BCUT2D eigenvalue weighted by molar-refractivity contribution is 6.39. The molecule has 6 heteroatoms. The second kappa shape index (κ2) is 6.71. The third kappa shape index (κ3) is 3.82. The van der Waals surface area contributed by atoms with Crippen LogP contribution in [0.2, 0.25) is 0 Å². The van der Waals surface area contributed by atoms with Gasteiger partial charge in [-0.1, -0.05) is 18.2 Å². The third-order valence-corrected chi connectivity index (χ3v) is 3.04. The second-order valence-electron chi connectivity index (χ2n) is 4.87. The molecular formula is C16H17N3O3. The smallest absolute Gasteiger partial charge is 0.329 e. The molecule has 1 aromatic heterocycles. The molecule has 22 heavy (non-hydrogen) atoms. The normalized spacial score (nSPS) is 10.7. The summed E-state index contributed by atoms with van der Waals surface area (Å²) in [5.74, 6) is -0.388. The minimum absolute atomic E-state index is 0.493. The molecular weight excluding hydrogens is 282 g/mol. The van der Waals surface area contributed by atoms with Crippen molar-refractivity contribution in [2.45, 2.75) is 20.8 Å². The van der Waals surface area contributed by atoms with E-state index in [1.54, 1.807) is 19.1 Å². The SMILES string of the molecule is Cc1ccc(/C=N\NC(=O)C(=O)Nc2c(C)cccc2C)o1. The molecule has 1 aromatic carbocycles. The molecule has 2 rings (SSSR count). The molecule has 0 bridgehead atoms. The maximum absolute atomic E-state index is 11.8. The van der Waals surface area contributed by atoms with E-state index >= 15 is 0 Å². The number of rotatable bonds is 3. The topological polar surface area (TPSA) is 83.7 Å². The quantitative estimate of drug-likeness (QED) is 0.518. The average molecular weight is 299 g/mol. The molecule has 1 heterocycles. The predicted octanol–water partition coefficient (Wildman–Crippen LogP) is 2.29. The Morgan fingerprint density at radius 1 is 1.05 bits per heavy atom. The van der Waals surface area contributed by atoms with Gasteiger partial charge in [-0.3, -0.25) is 9.59 Å². The van der Waals surface area contributed by atoms with E-state index in [1.165, 1.54) is 6.21 Å². The summed E-state index contributed by atoms with van der Waals surface area (Å²) in [4.78, 5) is 23.5. The van der Waals surface area contributed by atoms with Crippen LogP contribution < -0.4 is 10.7 Å². The number of nitrogens with zero attached hydrogens (tertiary/aromatic N) is 1. The third-order valence-electron chi connectivity index (χ3n) is 3.04. The number of furan rings is 1. The van der Waals surface area contributed by atoms with E-state index in [9.17, 15) is 9.59 Å². The van der Waals surface area contributed by atoms with Gasteiger partial charge in [-0.05, 0) is 44.0 Å². The molecule has 0 saturated heterocycles. The van der Waals surface area contributed by atoms with Crippen molar-refractivity contribution < 1.29 is 14.0 Å². The van der Waals surface area contributed by atoms with Crippen LogP contribution in [-0.4, -0.2) is 18.0 Å². The minimum Gasteiger partial charge on any atom is -0.460 e. The van der Waals surface area contributed by atoms with Gasteiger partial charge in [-0.25, -0.2) is 5.43 Å². The van der Waals surface area contributed by atoms with Gasteiger partial charge in [0.15, 0.2) is 0 Å². The predicted molar refractivity (Wildman–Crippen MR) is 83.7 cm³/mol. The van der Waals surface area contributed by atoms with E-state index in [-0.39, 0.29) is 0 Å². The van der Waals surface area contributed by atoms with E-state index in [1.807, 2.05) is 32.0 Å². The van der Waals surface area contributed by atoms with Crippen molar-refractivity contribution in [3.8, 4) is 0 Å². The number of aryl methyl sites for hydroxylation is 3. The first-order chi connectivity index (χ1) is 10.5. The van der Waals surface area contributed by atoms with E-state index in [4.69, 9.17) is 4.42 Å². The number of carbonyl (C=O) groups is 2. The number of amides is 2. The summed E-state index contributed by atoms with van der Waals surface area (Å²) < 4.78 is 5.25. The molecule has 0 unspecified atom stereocenters. The molecule has 0 aliphatic rings. The highest BCUT2D eigenvalue weighted by Gasteiger charge is 2.15. The van der Waals surface area contributed by atoms with Crippen molar-refractivity contribution >= 4 is 23.7 Å². The fraction of sp³-hybridized carbons (Fsp3) is 0.188. The zero-order chi connectivity index (χ0) is 16.1. The van der Waals surface area contributed by atoms with Crippen molar-refractivity contribution in [2.24, 2.45) is 5.10 Å². The highest BCUT2D eigenvalue weighted by Crippen LogP contribution is 2.19. The second-order valence-corrected chi connectivity index (χ2v) is 4.87. The van der Waals surface area contributed by atoms with Crippen LogP contribution in [-0.2, 0) is 9.59 Å². The van der Waals surface area contributed by atoms with Gasteiger partial charge in [0.1, 0.15) is 11.5 Å². The van der Waals surface area contributed by atoms with Gasteiger partial charge in [0, 0.05) is 5.69 Å². The summed E-state index contributed by atoms with van der Waals surface area (Å²) in [5, 5.41) is 6.27. The highest BCUT2D eigenvalue weighted by atomic mass is 16.3. The standard InChI is InChI=1S/C16H17N3O3/c1-10-5-4-6-11(2)14(10)18-15(20)16(21)19-17-9-13-8-7-12(3)22-13/h4-9H,1-3H3,(H,18,20)(H,19,21)/b17-9-. The first-order valence-electron chi connectivity index (χ1n) is 6.74. The number of hydrazone groups is 1. The molecule has 0 atom stereocenters. The van der Waals surface area contributed by atoms with Crippen LogP contribution in [0.4, 0.5) is 5.69 Å². The minimum atomic E-state index is -0.845. The van der Waals surface area contributed by atoms with Gasteiger partial charge in [-0.2, -0.15) is 5.10 Å². The summed E-state index contributed by atoms with van der Waals surface area (Å²) in [6, 6.07) is 9.09. The van der Waals surface area contributed by atoms with Crippen LogP contribution in [0.3, 0.4) is 0 Å². The number of hydrogen-bond donors (Lipinski definition) is 2. The number of para-hydroxylation sites is 1. The maximum atomic E-state index is 11.8. The van der Waals surface area contributed by atoms with E-state index < -0.39 is 11.8 Å². The van der Waals surface area contributed by atoms with Crippen molar-refractivity contribution in [3.63, 3.8) is 0 Å². The van der Waals surface area contributed by atoms with E-state index in [2.05, 4.69) is 15.8 Å². The van der Waals surface area contributed by atoms with Crippen LogP contribution in [0.15, 0.2) is 39.9 Å². The van der Waals surface area contributed by atoms with Crippen LogP contribution in [0, 0.1) is 20.8 Å². The van der Waals surface area contributed by atoms with E-state index in [0.717, 1.165) is 16.9 Å². The molecule has 0 aliphatic carbocycles. The summed E-state index contributed by atoms with van der Waals surface area (Å²) in [6.07, 6.45) is 1.33. The van der Waals surface area contributed by atoms with Crippen molar-refractivity contribution in [3.05, 3.63) is 53.0 Å². The molecule has 2 aromatic rings. The fourth-order valence-electron chi connectivity index (χ4n) is 1.91. The van der Waals surface area contributed by atoms with Crippen molar-refractivity contribution in [2.75, 3.05) is 5.32 Å². The van der Waals surface area contributed by atoms with Gasteiger partial charge in [0.25, 0.3) is 0 Å². The molecule has 2 N–H and O–H groups in total. The Balaban J connectivity index is 1.95. The Hall–Kier alpha value is -2.89. The maximum Gasteiger partial charge on any atom is 0.329 e. The van der Waals surface area contributed by atoms with Crippen molar-refractivity contribution in [1.82, 2.24) is 5.43 Å². The van der Waals surface area contributed by atoms with Gasteiger partial charge in [0.05, 0.1) is 6.21 Å². The van der Waals surface area contributed by atoms with Crippen LogP contribution >= 0.6 is 0 Å².